The van der Waals surface area contributed by atoms with Crippen molar-refractivity contribution in [3.63, 3.8) is 0 Å². The molecule has 26 heavy (non-hydrogen) atoms. The number of hydrogen-bond donors (Lipinski definition) is 1. The van der Waals surface area contributed by atoms with Crippen LogP contribution >= 0.6 is 46.5 Å². The van der Waals surface area contributed by atoms with Gasteiger partial charge in [-0.25, -0.2) is 4.98 Å². The summed E-state index contributed by atoms with van der Waals surface area (Å²) in [5, 5.41) is 5.73. The van der Waals surface area contributed by atoms with E-state index in [1.54, 1.807) is 29.8 Å². The summed E-state index contributed by atoms with van der Waals surface area (Å²) in [6.45, 7) is 0.403. The van der Waals surface area contributed by atoms with Gasteiger partial charge in [0.05, 0.1) is 0 Å². The van der Waals surface area contributed by atoms with Crippen LogP contribution in [0.3, 0.4) is 0 Å². The highest BCUT2D eigenvalue weighted by molar-refractivity contribution is 7.73. The maximum atomic E-state index is 12.4. The number of hydrogen-bond acceptors (Lipinski definition) is 6. The zero-order valence-electron chi connectivity index (χ0n) is 13.5. The van der Waals surface area contributed by atoms with Crippen molar-refractivity contribution in [1.29, 1.82) is 0 Å². The second kappa shape index (κ2) is 8.68. The monoisotopic (exact) mass is 423 g/mol. The van der Waals surface area contributed by atoms with Crippen molar-refractivity contribution in [2.24, 2.45) is 0 Å². The number of carbonyl (C=O) groups excluding carboxylic acids is 1. The van der Waals surface area contributed by atoms with Crippen LogP contribution in [0.25, 0.3) is 10.4 Å². The molecule has 0 spiro atoms. The first-order valence-corrected chi connectivity index (χ1v) is 10.2. The summed E-state index contributed by atoms with van der Waals surface area (Å²) in [5.74, 6) is -0.125. The fraction of sp³-hybridized carbons (Fsp3) is 0.176. The third-order valence-corrected chi connectivity index (χ3v) is 5.91. The fourth-order valence-electron chi connectivity index (χ4n) is 2.28. The first-order valence-electron chi connectivity index (χ1n) is 7.73. The van der Waals surface area contributed by atoms with Crippen molar-refractivity contribution in [2.75, 3.05) is 5.32 Å². The minimum atomic E-state index is -0.168. The summed E-state index contributed by atoms with van der Waals surface area (Å²) in [6.07, 6.45) is 2.45. The Morgan fingerprint density at radius 3 is 2.73 bits per heavy atom. The number of rotatable bonds is 6. The number of amides is 1. The molecule has 0 fully saturated rings. The van der Waals surface area contributed by atoms with Gasteiger partial charge in [0.1, 0.15) is 0 Å². The highest BCUT2D eigenvalue weighted by Crippen LogP contribution is 2.24. The topological polar surface area (TPSA) is 64.0 Å². The van der Waals surface area contributed by atoms with Gasteiger partial charge < -0.3 is 5.32 Å². The Bertz CT molecular complexity index is 980. The average molecular weight is 424 g/mol. The SMILES string of the molecule is O=C(CCCn1c(=O)cc(-c2ccc(Cl)cc2)sc1=S)Nc1nccs1. The summed E-state index contributed by atoms with van der Waals surface area (Å²) in [7, 11) is 0. The van der Waals surface area contributed by atoms with Crippen molar-refractivity contribution in [3.8, 4) is 10.4 Å². The van der Waals surface area contributed by atoms with Crippen LogP contribution in [0, 0.1) is 3.95 Å². The van der Waals surface area contributed by atoms with E-state index in [-0.39, 0.29) is 11.5 Å². The van der Waals surface area contributed by atoms with Crippen LogP contribution in [0.5, 0.6) is 0 Å². The Balaban J connectivity index is 1.65. The molecular weight excluding hydrogens is 410 g/mol. The Labute approximate surface area is 167 Å². The number of thiazole rings is 1. The van der Waals surface area contributed by atoms with Crippen LogP contribution < -0.4 is 10.9 Å². The van der Waals surface area contributed by atoms with E-state index in [9.17, 15) is 9.59 Å². The van der Waals surface area contributed by atoms with E-state index < -0.39 is 0 Å². The normalized spacial score (nSPS) is 10.7. The van der Waals surface area contributed by atoms with E-state index in [1.807, 2.05) is 12.1 Å². The quantitative estimate of drug-likeness (QED) is 0.576. The summed E-state index contributed by atoms with van der Waals surface area (Å²) < 4.78 is 2.01. The lowest BCUT2D eigenvalue weighted by Gasteiger charge is -2.07. The van der Waals surface area contributed by atoms with E-state index in [0.29, 0.717) is 33.5 Å². The molecule has 0 saturated carbocycles. The van der Waals surface area contributed by atoms with Crippen molar-refractivity contribution >= 4 is 57.5 Å². The Kier molecular flexibility index (Phi) is 6.31. The smallest absolute Gasteiger partial charge is 0.253 e. The average Bonchev–Trinajstić information content (AvgIpc) is 3.10. The van der Waals surface area contributed by atoms with Crippen LogP contribution in [-0.2, 0) is 11.3 Å². The molecule has 5 nitrogen and oxygen atoms in total. The van der Waals surface area contributed by atoms with Crippen molar-refractivity contribution in [1.82, 2.24) is 9.55 Å². The van der Waals surface area contributed by atoms with Gasteiger partial charge in [0, 0.05) is 40.5 Å². The predicted molar refractivity (Wildman–Crippen MR) is 110 cm³/mol. The summed E-state index contributed by atoms with van der Waals surface area (Å²) in [6, 6.07) is 8.84. The number of benzene rings is 1. The largest absolute Gasteiger partial charge is 0.302 e. The van der Waals surface area contributed by atoms with Gasteiger partial charge in [-0.15, -0.1) is 22.7 Å². The molecule has 0 radical (unpaired) electrons. The molecule has 1 aromatic carbocycles. The van der Waals surface area contributed by atoms with Crippen LogP contribution in [0.2, 0.25) is 5.02 Å². The van der Waals surface area contributed by atoms with Gasteiger partial charge in [-0.3, -0.25) is 14.2 Å². The zero-order valence-corrected chi connectivity index (χ0v) is 16.7. The maximum Gasteiger partial charge on any atom is 0.253 e. The third-order valence-electron chi connectivity index (χ3n) is 3.53. The minimum Gasteiger partial charge on any atom is -0.302 e. The highest BCUT2D eigenvalue weighted by Gasteiger charge is 2.08. The third kappa shape index (κ3) is 4.85. The number of halogens is 1. The molecule has 0 aliphatic rings. The van der Waals surface area contributed by atoms with Gasteiger partial charge in [0.2, 0.25) is 5.91 Å². The highest BCUT2D eigenvalue weighted by atomic mass is 35.5. The van der Waals surface area contributed by atoms with E-state index in [2.05, 4.69) is 10.3 Å². The molecule has 134 valence electrons. The fourth-order valence-corrected chi connectivity index (χ4v) is 4.30. The van der Waals surface area contributed by atoms with E-state index in [4.69, 9.17) is 23.8 Å². The van der Waals surface area contributed by atoms with E-state index in [1.165, 1.54) is 27.2 Å². The summed E-state index contributed by atoms with van der Waals surface area (Å²) in [4.78, 5) is 29.1. The second-order valence-corrected chi connectivity index (χ2v) is 8.37. The Morgan fingerprint density at radius 1 is 1.31 bits per heavy atom. The number of anilines is 1. The van der Waals surface area contributed by atoms with Gasteiger partial charge in [-0.2, -0.15) is 0 Å². The van der Waals surface area contributed by atoms with Crippen molar-refractivity contribution < 1.29 is 4.79 Å². The molecule has 0 bridgehead atoms. The van der Waals surface area contributed by atoms with Gasteiger partial charge in [-0.05, 0) is 36.3 Å². The molecule has 2 aromatic heterocycles. The van der Waals surface area contributed by atoms with Crippen LogP contribution in [-0.4, -0.2) is 15.5 Å². The van der Waals surface area contributed by atoms with E-state index >= 15 is 0 Å². The summed E-state index contributed by atoms with van der Waals surface area (Å²) in [5.41, 5.74) is 0.733. The number of nitrogens with zero attached hydrogens (tertiary/aromatic N) is 2. The molecular formula is C17H14ClN3O2S3. The lowest BCUT2D eigenvalue weighted by Crippen LogP contribution is -2.20. The lowest BCUT2D eigenvalue weighted by atomic mass is 10.2. The molecule has 0 aliphatic heterocycles. The first kappa shape index (κ1) is 18.9. The standard InChI is InChI=1S/C17H14ClN3O2S3/c18-12-5-3-11(4-6-12)13-10-15(23)21(17(24)26-13)8-1-2-14(22)20-16-19-7-9-25-16/h3-7,9-10H,1-2,8H2,(H,19,20,22). The Morgan fingerprint density at radius 2 is 2.08 bits per heavy atom. The second-order valence-electron chi connectivity index (χ2n) is 5.36. The number of nitrogens with one attached hydrogen (secondary N) is 1. The van der Waals surface area contributed by atoms with Gasteiger partial charge in [0.15, 0.2) is 9.09 Å². The molecule has 0 saturated heterocycles. The lowest BCUT2D eigenvalue weighted by molar-refractivity contribution is -0.116. The number of aromatic nitrogens is 2. The molecule has 9 heteroatoms. The Hall–Kier alpha value is -1.87. The first-order chi connectivity index (χ1) is 12.5. The molecule has 3 rings (SSSR count). The molecule has 1 N–H and O–H groups in total. The molecule has 2 heterocycles. The molecule has 0 aliphatic carbocycles. The zero-order chi connectivity index (χ0) is 18.5. The van der Waals surface area contributed by atoms with Gasteiger partial charge in [-0.1, -0.05) is 23.7 Å². The van der Waals surface area contributed by atoms with Gasteiger partial charge >= 0.3 is 0 Å². The minimum absolute atomic E-state index is 0.125. The van der Waals surface area contributed by atoms with Crippen LogP contribution in [0.1, 0.15) is 12.8 Å². The number of carbonyl (C=O) groups is 1. The van der Waals surface area contributed by atoms with E-state index in [0.717, 1.165) is 10.4 Å². The summed E-state index contributed by atoms with van der Waals surface area (Å²) >= 11 is 14.0. The predicted octanol–water partition coefficient (Wildman–Crippen LogP) is 4.84. The molecule has 1 amide bonds. The van der Waals surface area contributed by atoms with Crippen LogP contribution in [0.15, 0.2) is 46.7 Å². The molecule has 3 aromatic rings. The van der Waals surface area contributed by atoms with Crippen LogP contribution in [0.4, 0.5) is 5.13 Å². The van der Waals surface area contributed by atoms with Crippen molar-refractivity contribution in [2.45, 2.75) is 19.4 Å². The molecule has 0 unspecified atom stereocenters. The molecule has 0 atom stereocenters. The van der Waals surface area contributed by atoms with Crippen molar-refractivity contribution in [3.05, 3.63) is 61.2 Å². The van der Waals surface area contributed by atoms with Gasteiger partial charge in [0.25, 0.3) is 5.56 Å². The maximum absolute atomic E-state index is 12.4.